The van der Waals surface area contributed by atoms with E-state index in [4.69, 9.17) is 4.42 Å². The summed E-state index contributed by atoms with van der Waals surface area (Å²) in [6.45, 7) is 0.280. The molecule has 0 saturated carbocycles. The molecule has 1 aliphatic heterocycles. The van der Waals surface area contributed by atoms with Crippen LogP contribution in [0, 0.1) is 0 Å². The zero-order chi connectivity index (χ0) is 21.0. The molecule has 1 aliphatic rings. The minimum atomic E-state index is -3.11. The van der Waals surface area contributed by atoms with Crippen LogP contribution in [-0.4, -0.2) is 36.8 Å². The van der Waals surface area contributed by atoms with Crippen LogP contribution in [-0.2, 0) is 21.2 Å². The number of hydrogen-bond donors (Lipinski definition) is 0. The quantitative estimate of drug-likeness (QED) is 0.576. The Hall–Kier alpha value is -2.86. The van der Waals surface area contributed by atoms with E-state index < -0.39 is 9.84 Å². The van der Waals surface area contributed by atoms with Crippen molar-refractivity contribution >= 4 is 15.7 Å². The molecular formula is C24H25NO4S. The summed E-state index contributed by atoms with van der Waals surface area (Å²) >= 11 is 0. The molecule has 6 heteroatoms. The lowest BCUT2D eigenvalue weighted by atomic mass is 9.88. The largest absolute Gasteiger partial charge is 0.467 e. The first-order valence-corrected chi connectivity index (χ1v) is 12.0. The number of nitrogens with zero attached hydrogens (tertiary/aromatic N) is 1. The zero-order valence-corrected chi connectivity index (χ0v) is 17.5. The molecule has 2 aromatic carbocycles. The predicted octanol–water partition coefficient (Wildman–Crippen LogP) is 4.02. The predicted molar refractivity (Wildman–Crippen MR) is 116 cm³/mol. The van der Waals surface area contributed by atoms with Gasteiger partial charge in [0.2, 0.25) is 5.91 Å². The third kappa shape index (κ3) is 4.82. The first kappa shape index (κ1) is 20.4. The fraction of sp³-hybridized carbons (Fsp3) is 0.292. The van der Waals surface area contributed by atoms with Crippen LogP contribution in [0.4, 0.5) is 0 Å². The molecule has 5 nitrogen and oxygen atoms in total. The second kappa shape index (κ2) is 8.88. The van der Waals surface area contributed by atoms with Crippen LogP contribution in [0.3, 0.4) is 0 Å². The van der Waals surface area contributed by atoms with Gasteiger partial charge in [0, 0.05) is 18.4 Å². The summed E-state index contributed by atoms with van der Waals surface area (Å²) in [6, 6.07) is 23.2. The number of carbonyl (C=O) groups is 1. The second-order valence-corrected chi connectivity index (χ2v) is 9.96. The van der Waals surface area contributed by atoms with Gasteiger partial charge in [0.1, 0.15) is 5.76 Å². The molecule has 2 heterocycles. The maximum atomic E-state index is 13.5. The van der Waals surface area contributed by atoms with E-state index in [0.29, 0.717) is 12.2 Å². The first-order chi connectivity index (χ1) is 14.5. The summed E-state index contributed by atoms with van der Waals surface area (Å²) in [4.78, 5) is 15.2. The van der Waals surface area contributed by atoms with Crippen molar-refractivity contribution < 1.29 is 17.6 Å². The minimum absolute atomic E-state index is 0.0147. The van der Waals surface area contributed by atoms with Gasteiger partial charge in [0.05, 0.1) is 24.3 Å². The standard InChI is InChI=1S/C24H25NO4S/c26-24(16-23(19-8-3-1-4-9-19)20-10-5-2-6-11-20)25(17-22-12-7-14-29-22)21-13-15-30(27,28)18-21/h1-12,14,21,23H,13,15-18H2/t21-/m1/s1. The van der Waals surface area contributed by atoms with E-state index in [2.05, 4.69) is 0 Å². The number of amides is 1. The van der Waals surface area contributed by atoms with E-state index in [1.807, 2.05) is 66.7 Å². The van der Waals surface area contributed by atoms with Crippen molar-refractivity contribution in [3.05, 3.63) is 95.9 Å². The van der Waals surface area contributed by atoms with Gasteiger partial charge >= 0.3 is 0 Å². The molecule has 3 aromatic rings. The average Bonchev–Trinajstić information content (AvgIpc) is 3.40. The van der Waals surface area contributed by atoms with E-state index in [9.17, 15) is 13.2 Å². The number of benzene rings is 2. The number of sulfone groups is 1. The van der Waals surface area contributed by atoms with Crippen molar-refractivity contribution in [2.75, 3.05) is 11.5 Å². The fourth-order valence-electron chi connectivity index (χ4n) is 4.10. The molecule has 1 saturated heterocycles. The second-order valence-electron chi connectivity index (χ2n) is 7.74. The van der Waals surface area contributed by atoms with E-state index in [1.54, 1.807) is 17.2 Å². The SMILES string of the molecule is O=C(CC(c1ccccc1)c1ccccc1)N(Cc1ccco1)[C@@H]1CCS(=O)(=O)C1. The average molecular weight is 424 g/mol. The Morgan fingerprint density at radius 1 is 0.967 bits per heavy atom. The molecule has 0 radical (unpaired) electrons. The Labute approximate surface area is 177 Å². The number of carbonyl (C=O) groups excluding carboxylic acids is 1. The Bertz CT molecular complexity index is 1020. The Kier molecular flexibility index (Phi) is 6.04. The topological polar surface area (TPSA) is 67.6 Å². The summed E-state index contributed by atoms with van der Waals surface area (Å²) in [7, 11) is -3.11. The van der Waals surface area contributed by atoms with Gasteiger partial charge < -0.3 is 9.32 Å². The third-order valence-electron chi connectivity index (χ3n) is 5.66. The van der Waals surface area contributed by atoms with Crippen molar-refractivity contribution in [2.45, 2.75) is 31.3 Å². The van der Waals surface area contributed by atoms with E-state index in [-0.39, 0.29) is 42.3 Å². The molecular weight excluding hydrogens is 398 g/mol. The van der Waals surface area contributed by atoms with Gasteiger partial charge in [0.15, 0.2) is 9.84 Å². The summed E-state index contributed by atoms with van der Waals surface area (Å²) in [5.74, 6) is 0.633. The highest BCUT2D eigenvalue weighted by Crippen LogP contribution is 2.30. The Morgan fingerprint density at radius 2 is 1.60 bits per heavy atom. The summed E-state index contributed by atoms with van der Waals surface area (Å²) in [5.41, 5.74) is 2.13. The van der Waals surface area contributed by atoms with Gasteiger partial charge in [-0.25, -0.2) is 8.42 Å². The summed E-state index contributed by atoms with van der Waals surface area (Å²) in [5, 5.41) is 0. The summed E-state index contributed by atoms with van der Waals surface area (Å²) < 4.78 is 29.6. The molecule has 156 valence electrons. The van der Waals surface area contributed by atoms with Crippen LogP contribution >= 0.6 is 0 Å². The molecule has 1 atom stereocenters. The van der Waals surface area contributed by atoms with Crippen LogP contribution in [0.1, 0.15) is 35.6 Å². The van der Waals surface area contributed by atoms with Gasteiger partial charge in [-0.1, -0.05) is 60.7 Å². The highest BCUT2D eigenvalue weighted by Gasteiger charge is 2.36. The molecule has 1 fully saturated rings. The highest BCUT2D eigenvalue weighted by atomic mass is 32.2. The van der Waals surface area contributed by atoms with Gasteiger partial charge in [-0.05, 0) is 29.7 Å². The van der Waals surface area contributed by atoms with E-state index in [1.165, 1.54) is 0 Å². The molecule has 1 aromatic heterocycles. The molecule has 0 unspecified atom stereocenters. The fourth-order valence-corrected chi connectivity index (χ4v) is 5.83. The molecule has 30 heavy (non-hydrogen) atoms. The lowest BCUT2D eigenvalue weighted by molar-refractivity contribution is -0.134. The van der Waals surface area contributed by atoms with E-state index >= 15 is 0 Å². The van der Waals surface area contributed by atoms with Gasteiger partial charge in [-0.2, -0.15) is 0 Å². The highest BCUT2D eigenvalue weighted by molar-refractivity contribution is 7.91. The third-order valence-corrected chi connectivity index (χ3v) is 7.41. The number of hydrogen-bond acceptors (Lipinski definition) is 4. The van der Waals surface area contributed by atoms with Crippen molar-refractivity contribution in [2.24, 2.45) is 0 Å². The van der Waals surface area contributed by atoms with Crippen molar-refractivity contribution in [3.63, 3.8) is 0 Å². The van der Waals surface area contributed by atoms with Gasteiger partial charge in [-0.3, -0.25) is 4.79 Å². The Balaban J connectivity index is 1.62. The Morgan fingerprint density at radius 3 is 2.10 bits per heavy atom. The smallest absolute Gasteiger partial charge is 0.224 e. The maximum absolute atomic E-state index is 13.5. The molecule has 0 N–H and O–H groups in total. The monoisotopic (exact) mass is 423 g/mol. The normalized spacial score (nSPS) is 17.8. The van der Waals surface area contributed by atoms with Crippen LogP contribution in [0.25, 0.3) is 0 Å². The van der Waals surface area contributed by atoms with Gasteiger partial charge in [-0.15, -0.1) is 0 Å². The lowest BCUT2D eigenvalue weighted by Crippen LogP contribution is -2.41. The number of furan rings is 1. The molecule has 0 bridgehead atoms. The van der Waals surface area contributed by atoms with Gasteiger partial charge in [0.25, 0.3) is 0 Å². The number of rotatable bonds is 7. The van der Waals surface area contributed by atoms with Crippen LogP contribution in [0.5, 0.6) is 0 Å². The van der Waals surface area contributed by atoms with Crippen LogP contribution in [0.15, 0.2) is 83.5 Å². The van der Waals surface area contributed by atoms with Crippen LogP contribution < -0.4 is 0 Å². The van der Waals surface area contributed by atoms with Crippen molar-refractivity contribution in [1.82, 2.24) is 4.90 Å². The summed E-state index contributed by atoms with van der Waals surface area (Å²) in [6.07, 6.45) is 2.31. The van der Waals surface area contributed by atoms with E-state index in [0.717, 1.165) is 11.1 Å². The van der Waals surface area contributed by atoms with Crippen molar-refractivity contribution in [3.8, 4) is 0 Å². The molecule has 0 aliphatic carbocycles. The van der Waals surface area contributed by atoms with Crippen molar-refractivity contribution in [1.29, 1.82) is 0 Å². The maximum Gasteiger partial charge on any atom is 0.224 e. The minimum Gasteiger partial charge on any atom is -0.467 e. The molecule has 1 amide bonds. The molecule has 4 rings (SSSR count). The van der Waals surface area contributed by atoms with Crippen LogP contribution in [0.2, 0.25) is 0 Å². The molecule has 0 spiro atoms. The lowest BCUT2D eigenvalue weighted by Gasteiger charge is -2.29. The zero-order valence-electron chi connectivity index (χ0n) is 16.7. The first-order valence-electron chi connectivity index (χ1n) is 10.1.